The van der Waals surface area contributed by atoms with Crippen LogP contribution in [0.25, 0.3) is 10.8 Å². The number of carboxylic acid groups (broad SMARTS) is 1. The Morgan fingerprint density at radius 2 is 1.67 bits per heavy atom. The van der Waals surface area contributed by atoms with Gasteiger partial charge in [0.2, 0.25) is 11.8 Å². The van der Waals surface area contributed by atoms with E-state index in [1.165, 1.54) is 43.3 Å². The lowest BCUT2D eigenvalue weighted by atomic mass is 10.0. The van der Waals surface area contributed by atoms with Gasteiger partial charge in [0.05, 0.1) is 17.3 Å². The molecule has 0 fully saturated rings. The standard InChI is InChI=1S/C33H38FN5O5S.C2HF3O2/c1-4-7-8-30(40)38-23-10-14-29(45(42,43)6-3)22(18-23)20-37-33(41)31(27-19-25(44-5-2)11-13-28(27)34)39-24-9-12-26-21(17-24)15-16-36-32(26)35;3-2(4,5)1(6)7/h9-19,31,39H,4-8,20H2,1-3H3,(H2,35,36)(H,37,41)(H,38,40);(H,6,7). The average Bonchev–Trinajstić information content (AvgIpc) is 3.09. The number of carboxylic acids is 1. The molecular formula is C35H39F4N5O7S. The van der Waals surface area contributed by atoms with Crippen molar-refractivity contribution in [3.63, 3.8) is 0 Å². The number of carbonyl (C=O) groups excluding carboxylic acids is 2. The number of sulfone groups is 1. The first-order valence-corrected chi connectivity index (χ1v) is 17.7. The van der Waals surface area contributed by atoms with E-state index in [0.29, 0.717) is 42.4 Å². The van der Waals surface area contributed by atoms with E-state index in [9.17, 15) is 31.2 Å². The molecule has 0 aliphatic carbocycles. The van der Waals surface area contributed by atoms with Gasteiger partial charge in [0, 0.05) is 41.5 Å². The number of carbonyl (C=O) groups is 3. The van der Waals surface area contributed by atoms with Crippen molar-refractivity contribution in [2.24, 2.45) is 0 Å². The summed E-state index contributed by atoms with van der Waals surface area (Å²) >= 11 is 0. The number of pyridine rings is 1. The summed E-state index contributed by atoms with van der Waals surface area (Å²) < 4.78 is 78.5. The number of nitrogens with one attached hydrogen (secondary N) is 3. The minimum atomic E-state index is -5.08. The van der Waals surface area contributed by atoms with Crippen molar-refractivity contribution in [1.82, 2.24) is 10.3 Å². The summed E-state index contributed by atoms with van der Waals surface area (Å²) in [5.41, 5.74) is 7.24. The second kappa shape index (κ2) is 18.2. The Balaban J connectivity index is 0.000000944. The predicted molar refractivity (Wildman–Crippen MR) is 188 cm³/mol. The minimum Gasteiger partial charge on any atom is -0.494 e. The van der Waals surface area contributed by atoms with E-state index in [2.05, 4.69) is 20.9 Å². The van der Waals surface area contributed by atoms with Crippen LogP contribution in [0.3, 0.4) is 0 Å². The Kier molecular flexibility index (Phi) is 14.3. The number of aliphatic carboxylic acids is 1. The number of halogens is 4. The molecule has 17 heteroatoms. The number of ether oxygens (including phenoxy) is 1. The summed E-state index contributed by atoms with van der Waals surface area (Å²) in [6.07, 6.45) is -1.62. The first-order valence-electron chi connectivity index (χ1n) is 16.1. The summed E-state index contributed by atoms with van der Waals surface area (Å²) in [6.45, 7) is 5.45. The van der Waals surface area contributed by atoms with Gasteiger partial charge in [0.15, 0.2) is 9.84 Å². The van der Waals surface area contributed by atoms with Gasteiger partial charge in [-0.25, -0.2) is 22.6 Å². The smallest absolute Gasteiger partial charge is 0.490 e. The fourth-order valence-electron chi connectivity index (χ4n) is 4.84. The van der Waals surface area contributed by atoms with Gasteiger partial charge in [-0.2, -0.15) is 13.2 Å². The van der Waals surface area contributed by atoms with Gasteiger partial charge in [-0.15, -0.1) is 0 Å². The molecule has 0 aliphatic heterocycles. The second-order valence-corrected chi connectivity index (χ2v) is 13.5. The third-order valence-corrected chi connectivity index (χ3v) is 9.30. The Morgan fingerprint density at radius 3 is 2.31 bits per heavy atom. The molecule has 6 N–H and O–H groups in total. The summed E-state index contributed by atoms with van der Waals surface area (Å²) in [7, 11) is -3.67. The molecule has 1 atom stereocenters. The number of aromatic nitrogens is 1. The van der Waals surface area contributed by atoms with Crippen molar-refractivity contribution in [3.05, 3.63) is 83.8 Å². The average molecular weight is 750 g/mol. The fraction of sp³-hybridized carbons (Fsp3) is 0.314. The zero-order valence-corrected chi connectivity index (χ0v) is 29.3. The van der Waals surface area contributed by atoms with Gasteiger partial charge in [0.25, 0.3) is 0 Å². The van der Waals surface area contributed by atoms with Crippen molar-refractivity contribution < 1.29 is 50.2 Å². The molecule has 0 radical (unpaired) electrons. The number of hydrogen-bond donors (Lipinski definition) is 5. The van der Waals surface area contributed by atoms with Crippen LogP contribution < -0.4 is 26.4 Å². The van der Waals surface area contributed by atoms with Gasteiger partial charge in [-0.1, -0.05) is 20.3 Å². The van der Waals surface area contributed by atoms with Gasteiger partial charge < -0.3 is 31.5 Å². The summed E-state index contributed by atoms with van der Waals surface area (Å²) in [5.74, 6) is -3.62. The van der Waals surface area contributed by atoms with Gasteiger partial charge in [-0.05, 0) is 85.0 Å². The number of amides is 2. The molecule has 4 rings (SSSR count). The van der Waals surface area contributed by atoms with E-state index in [-0.39, 0.29) is 34.2 Å². The van der Waals surface area contributed by atoms with Crippen LogP contribution in [0.2, 0.25) is 0 Å². The second-order valence-electron chi connectivity index (χ2n) is 11.2. The molecule has 0 aliphatic rings. The monoisotopic (exact) mass is 749 g/mol. The van der Waals surface area contributed by atoms with Crippen molar-refractivity contribution in [3.8, 4) is 5.75 Å². The molecule has 1 aromatic heterocycles. The number of nitrogens with zero attached hydrogens (tertiary/aromatic N) is 1. The molecule has 2 amide bonds. The number of benzene rings is 3. The highest BCUT2D eigenvalue weighted by Gasteiger charge is 2.38. The quantitative estimate of drug-likeness (QED) is 0.0905. The van der Waals surface area contributed by atoms with E-state index in [1.807, 2.05) is 6.92 Å². The third kappa shape index (κ3) is 11.3. The van der Waals surface area contributed by atoms with Gasteiger partial charge in [-0.3, -0.25) is 9.59 Å². The van der Waals surface area contributed by atoms with Crippen molar-refractivity contribution >= 4 is 55.6 Å². The molecule has 280 valence electrons. The zero-order chi connectivity index (χ0) is 38.6. The first kappa shape index (κ1) is 41.0. The molecular weight excluding hydrogens is 710 g/mol. The predicted octanol–water partition coefficient (Wildman–Crippen LogP) is 6.38. The van der Waals surface area contributed by atoms with Crippen LogP contribution in [-0.2, 0) is 30.8 Å². The van der Waals surface area contributed by atoms with Crippen molar-refractivity contribution in [2.75, 3.05) is 28.7 Å². The summed E-state index contributed by atoms with van der Waals surface area (Å²) in [4.78, 5) is 39.2. The number of rotatable bonds is 14. The number of hydrogen-bond acceptors (Lipinski definition) is 9. The summed E-state index contributed by atoms with van der Waals surface area (Å²) in [6, 6.07) is 14.4. The van der Waals surface area contributed by atoms with E-state index in [4.69, 9.17) is 20.4 Å². The molecule has 52 heavy (non-hydrogen) atoms. The molecule has 1 unspecified atom stereocenters. The summed E-state index contributed by atoms with van der Waals surface area (Å²) in [5, 5.41) is 17.3. The maximum atomic E-state index is 15.3. The molecule has 12 nitrogen and oxygen atoms in total. The first-order chi connectivity index (χ1) is 24.5. The molecule has 0 saturated heterocycles. The molecule has 1 heterocycles. The van der Waals surface area contributed by atoms with E-state index < -0.39 is 39.7 Å². The Morgan fingerprint density at radius 1 is 0.981 bits per heavy atom. The highest BCUT2D eigenvalue weighted by Crippen LogP contribution is 2.30. The molecule has 0 saturated carbocycles. The van der Waals surface area contributed by atoms with E-state index >= 15 is 4.39 Å². The minimum absolute atomic E-state index is 0.0335. The molecule has 0 spiro atoms. The van der Waals surface area contributed by atoms with E-state index in [0.717, 1.165) is 17.2 Å². The zero-order valence-electron chi connectivity index (χ0n) is 28.5. The largest absolute Gasteiger partial charge is 0.494 e. The number of nitrogens with two attached hydrogens (primary N) is 1. The number of anilines is 3. The number of alkyl halides is 3. The van der Waals surface area contributed by atoms with Crippen molar-refractivity contribution in [2.45, 2.75) is 63.7 Å². The lowest BCUT2D eigenvalue weighted by Gasteiger charge is -2.22. The van der Waals surface area contributed by atoms with Crippen LogP contribution in [0.4, 0.5) is 34.8 Å². The highest BCUT2D eigenvalue weighted by molar-refractivity contribution is 7.91. The Labute approximate surface area is 297 Å². The fourth-order valence-corrected chi connectivity index (χ4v) is 5.96. The maximum Gasteiger partial charge on any atom is 0.490 e. The Bertz CT molecular complexity index is 2010. The normalized spacial score (nSPS) is 11.9. The topological polar surface area (TPSA) is 190 Å². The van der Waals surface area contributed by atoms with Crippen LogP contribution in [0.15, 0.2) is 71.8 Å². The van der Waals surface area contributed by atoms with Crippen LogP contribution in [-0.4, -0.2) is 54.8 Å². The lowest BCUT2D eigenvalue weighted by molar-refractivity contribution is -0.192. The maximum absolute atomic E-state index is 15.3. The highest BCUT2D eigenvalue weighted by atomic mass is 32.2. The molecule has 0 bridgehead atoms. The van der Waals surface area contributed by atoms with Gasteiger partial charge in [0.1, 0.15) is 23.4 Å². The van der Waals surface area contributed by atoms with Crippen LogP contribution in [0.5, 0.6) is 5.75 Å². The SMILES string of the molecule is CCCCC(=O)Nc1ccc(S(=O)(=O)CC)c(CNC(=O)C(Nc2ccc3c(N)nccc3c2)c2cc(OCC)ccc2F)c1.O=C(O)C(F)(F)F. The van der Waals surface area contributed by atoms with Crippen LogP contribution in [0, 0.1) is 5.82 Å². The molecule has 4 aromatic rings. The lowest BCUT2D eigenvalue weighted by Crippen LogP contribution is -2.34. The van der Waals surface area contributed by atoms with Crippen molar-refractivity contribution in [1.29, 1.82) is 0 Å². The number of nitrogen functional groups attached to an aromatic ring is 1. The van der Waals surface area contributed by atoms with Crippen LogP contribution >= 0.6 is 0 Å². The van der Waals surface area contributed by atoms with E-state index in [1.54, 1.807) is 37.4 Å². The molecule has 3 aromatic carbocycles. The van der Waals surface area contributed by atoms with Crippen LogP contribution in [0.1, 0.15) is 57.2 Å². The Hall–Kier alpha value is -5.45. The third-order valence-electron chi connectivity index (χ3n) is 7.47. The number of unbranched alkanes of at least 4 members (excludes halogenated alkanes) is 1. The number of fused-ring (bicyclic) bond motifs is 1. The van der Waals surface area contributed by atoms with Gasteiger partial charge >= 0.3 is 12.1 Å².